The zero-order valence-corrected chi connectivity index (χ0v) is 11.5. The predicted octanol–water partition coefficient (Wildman–Crippen LogP) is 3.75. The summed E-state index contributed by atoms with van der Waals surface area (Å²) >= 11 is 1.63. The fraction of sp³-hybridized carbons (Fsp3) is 0.286. The third-order valence-electron chi connectivity index (χ3n) is 2.67. The Morgan fingerprint density at radius 2 is 2.17 bits per heavy atom. The van der Waals surface area contributed by atoms with Crippen molar-refractivity contribution in [1.82, 2.24) is 4.98 Å². The van der Waals surface area contributed by atoms with Crippen LogP contribution in [0.5, 0.6) is 5.75 Å². The maximum absolute atomic E-state index is 11.0. The highest BCUT2D eigenvalue weighted by Gasteiger charge is 2.14. The van der Waals surface area contributed by atoms with Gasteiger partial charge in [-0.15, -0.1) is 11.3 Å². The van der Waals surface area contributed by atoms with Crippen molar-refractivity contribution in [3.63, 3.8) is 0 Å². The van der Waals surface area contributed by atoms with Crippen molar-refractivity contribution >= 4 is 17.6 Å². The van der Waals surface area contributed by atoms with Crippen molar-refractivity contribution in [3.05, 3.63) is 34.2 Å². The number of hydrogen-bond acceptors (Lipinski definition) is 4. The van der Waals surface area contributed by atoms with Gasteiger partial charge >= 0.3 is 0 Å². The molecule has 0 N–H and O–H groups in total. The number of benzene rings is 1. The molecule has 0 bridgehead atoms. The first-order chi connectivity index (χ1) is 8.67. The molecule has 0 saturated heterocycles. The first-order valence-electron chi connectivity index (χ1n) is 5.75. The highest BCUT2D eigenvalue weighted by atomic mass is 32.1. The van der Waals surface area contributed by atoms with Crippen LogP contribution in [0.15, 0.2) is 23.6 Å². The Bertz CT molecular complexity index is 561. The van der Waals surface area contributed by atoms with Crippen molar-refractivity contribution in [2.24, 2.45) is 0 Å². The zero-order chi connectivity index (χ0) is 13.1. The molecular formula is C14H15NO2S. The van der Waals surface area contributed by atoms with Gasteiger partial charge in [-0.25, -0.2) is 4.98 Å². The molecule has 2 aromatic rings. The van der Waals surface area contributed by atoms with Crippen molar-refractivity contribution < 1.29 is 9.53 Å². The molecule has 0 unspecified atom stereocenters. The third kappa shape index (κ3) is 2.29. The summed E-state index contributed by atoms with van der Waals surface area (Å²) in [6.07, 6.45) is 0.804. The van der Waals surface area contributed by atoms with E-state index >= 15 is 0 Å². The first-order valence-corrected chi connectivity index (χ1v) is 6.63. The van der Waals surface area contributed by atoms with Crippen LogP contribution in [0, 0.1) is 0 Å². The number of carbonyl (C=O) groups is 1. The maximum Gasteiger partial charge on any atom is 0.153 e. The summed E-state index contributed by atoms with van der Waals surface area (Å²) in [5.41, 5.74) is 2.28. The van der Waals surface area contributed by atoms with Crippen LogP contribution in [0.1, 0.15) is 35.1 Å². The Hall–Kier alpha value is -1.68. The van der Waals surface area contributed by atoms with E-state index in [1.54, 1.807) is 24.5 Å². The van der Waals surface area contributed by atoms with E-state index in [1.165, 1.54) is 0 Å². The zero-order valence-electron chi connectivity index (χ0n) is 10.6. The van der Waals surface area contributed by atoms with Gasteiger partial charge < -0.3 is 4.74 Å². The molecule has 0 aliphatic rings. The van der Waals surface area contributed by atoms with Gasteiger partial charge in [0.15, 0.2) is 6.29 Å². The van der Waals surface area contributed by atoms with Crippen LogP contribution in [-0.2, 0) is 0 Å². The summed E-state index contributed by atoms with van der Waals surface area (Å²) in [6.45, 7) is 4.23. The molecule has 4 heteroatoms. The third-order valence-corrected chi connectivity index (χ3v) is 3.81. The number of para-hydroxylation sites is 1. The average molecular weight is 261 g/mol. The van der Waals surface area contributed by atoms with Crippen molar-refractivity contribution in [3.8, 4) is 17.0 Å². The lowest BCUT2D eigenvalue weighted by Crippen LogP contribution is -1.94. The molecule has 0 atom stereocenters. The molecule has 0 amide bonds. The number of aldehydes is 1. The monoisotopic (exact) mass is 261 g/mol. The summed E-state index contributed by atoms with van der Waals surface area (Å²) < 4.78 is 5.32. The molecule has 0 saturated carbocycles. The van der Waals surface area contributed by atoms with Gasteiger partial charge in [0.2, 0.25) is 0 Å². The van der Waals surface area contributed by atoms with E-state index in [1.807, 2.05) is 17.5 Å². The summed E-state index contributed by atoms with van der Waals surface area (Å²) in [7, 11) is 1.57. The second-order valence-electron chi connectivity index (χ2n) is 4.27. The van der Waals surface area contributed by atoms with Gasteiger partial charge in [0.05, 0.1) is 23.4 Å². The molecule has 1 aromatic carbocycles. The first kappa shape index (κ1) is 12.8. The molecule has 0 radical (unpaired) electrons. The van der Waals surface area contributed by atoms with E-state index in [2.05, 4.69) is 18.8 Å². The minimum absolute atomic E-state index is 0.406. The van der Waals surface area contributed by atoms with Crippen LogP contribution in [0.25, 0.3) is 11.3 Å². The highest BCUT2D eigenvalue weighted by molar-refractivity contribution is 7.10. The van der Waals surface area contributed by atoms with Crippen LogP contribution >= 0.6 is 11.3 Å². The van der Waals surface area contributed by atoms with E-state index in [9.17, 15) is 4.79 Å². The molecule has 3 nitrogen and oxygen atoms in total. The Labute approximate surface area is 110 Å². The lowest BCUT2D eigenvalue weighted by atomic mass is 10.1. The lowest BCUT2D eigenvalue weighted by molar-refractivity contribution is 0.112. The summed E-state index contributed by atoms with van der Waals surface area (Å²) in [5, 5.41) is 3.09. The fourth-order valence-corrected chi connectivity index (χ4v) is 2.59. The number of aromatic nitrogens is 1. The molecule has 2 rings (SSSR count). The minimum atomic E-state index is 0.406. The number of nitrogens with zero attached hydrogens (tertiary/aromatic N) is 1. The van der Waals surface area contributed by atoms with Crippen LogP contribution in [0.2, 0.25) is 0 Å². The molecule has 18 heavy (non-hydrogen) atoms. The van der Waals surface area contributed by atoms with E-state index in [0.717, 1.165) is 22.6 Å². The van der Waals surface area contributed by atoms with E-state index in [0.29, 0.717) is 17.2 Å². The molecule has 94 valence electrons. The van der Waals surface area contributed by atoms with Gasteiger partial charge in [0.1, 0.15) is 5.75 Å². The second-order valence-corrected chi connectivity index (χ2v) is 5.16. The number of carbonyl (C=O) groups excluding carboxylic acids is 1. The highest BCUT2D eigenvalue weighted by Crippen LogP contribution is 2.34. The second kappa shape index (κ2) is 5.31. The minimum Gasteiger partial charge on any atom is -0.495 e. The van der Waals surface area contributed by atoms with Gasteiger partial charge in [-0.05, 0) is 12.1 Å². The van der Waals surface area contributed by atoms with Crippen molar-refractivity contribution in [1.29, 1.82) is 0 Å². The smallest absolute Gasteiger partial charge is 0.153 e. The largest absolute Gasteiger partial charge is 0.495 e. The lowest BCUT2D eigenvalue weighted by Gasteiger charge is -2.08. The molecule has 0 aliphatic carbocycles. The summed E-state index contributed by atoms with van der Waals surface area (Å²) in [5.74, 6) is 0.997. The van der Waals surface area contributed by atoms with Gasteiger partial charge in [-0.3, -0.25) is 4.79 Å². The number of hydrogen-bond donors (Lipinski definition) is 0. The fourth-order valence-electron chi connectivity index (χ4n) is 1.75. The standard InChI is InChI=1S/C14H15NO2S/c1-9(2)14-15-12(8-18-14)11-6-4-5-10(7-16)13(11)17-3/h4-9H,1-3H3. The quantitative estimate of drug-likeness (QED) is 0.787. The Balaban J connectivity index is 2.52. The van der Waals surface area contributed by atoms with E-state index in [4.69, 9.17) is 4.74 Å². The number of thiazole rings is 1. The van der Waals surface area contributed by atoms with Crippen LogP contribution in [0.3, 0.4) is 0 Å². The van der Waals surface area contributed by atoms with Gasteiger partial charge in [0.25, 0.3) is 0 Å². The number of ether oxygens (including phenoxy) is 1. The Kier molecular flexibility index (Phi) is 3.77. The Morgan fingerprint density at radius 1 is 1.39 bits per heavy atom. The van der Waals surface area contributed by atoms with Crippen LogP contribution in [-0.4, -0.2) is 18.4 Å². The molecule has 1 heterocycles. The average Bonchev–Trinajstić information content (AvgIpc) is 2.87. The van der Waals surface area contributed by atoms with Gasteiger partial charge in [-0.2, -0.15) is 0 Å². The van der Waals surface area contributed by atoms with Crippen molar-refractivity contribution in [2.45, 2.75) is 19.8 Å². The van der Waals surface area contributed by atoms with Gasteiger partial charge in [0, 0.05) is 16.9 Å². The molecule has 0 aliphatic heterocycles. The van der Waals surface area contributed by atoms with Gasteiger partial charge in [-0.1, -0.05) is 19.9 Å². The van der Waals surface area contributed by atoms with E-state index < -0.39 is 0 Å². The molecule has 0 fully saturated rings. The van der Waals surface area contributed by atoms with Crippen LogP contribution in [0.4, 0.5) is 0 Å². The normalized spacial score (nSPS) is 10.7. The predicted molar refractivity (Wildman–Crippen MR) is 73.6 cm³/mol. The van der Waals surface area contributed by atoms with Crippen LogP contribution < -0.4 is 4.74 Å². The topological polar surface area (TPSA) is 39.2 Å². The molecule has 1 aromatic heterocycles. The Morgan fingerprint density at radius 3 is 2.72 bits per heavy atom. The summed E-state index contributed by atoms with van der Waals surface area (Å²) in [4.78, 5) is 15.6. The molecular weight excluding hydrogens is 246 g/mol. The maximum atomic E-state index is 11.0. The van der Waals surface area contributed by atoms with Crippen molar-refractivity contribution in [2.75, 3.05) is 7.11 Å². The number of rotatable bonds is 4. The number of methoxy groups -OCH3 is 1. The SMILES string of the molecule is COc1c(C=O)cccc1-c1csc(C(C)C)n1. The van der Waals surface area contributed by atoms with E-state index in [-0.39, 0.29) is 0 Å². The molecule has 0 spiro atoms. The summed E-state index contributed by atoms with van der Waals surface area (Å²) in [6, 6.07) is 5.51.